The smallest absolute Gasteiger partial charge is 0.407 e. The zero-order valence-electron chi connectivity index (χ0n) is 18.9. The number of hydrogen-bond acceptors (Lipinski definition) is 5. The van der Waals surface area contributed by atoms with E-state index >= 15 is 0 Å². The third kappa shape index (κ3) is 5.60. The zero-order chi connectivity index (χ0) is 24.8. The molecule has 0 aliphatic heterocycles. The summed E-state index contributed by atoms with van der Waals surface area (Å²) in [6.45, 7) is 0.104. The highest BCUT2D eigenvalue weighted by atomic mass is 16.5. The number of aromatic hydroxyl groups is 1. The van der Waals surface area contributed by atoms with Crippen molar-refractivity contribution >= 4 is 18.0 Å². The van der Waals surface area contributed by atoms with E-state index in [1.807, 2.05) is 48.5 Å². The van der Waals surface area contributed by atoms with Crippen molar-refractivity contribution in [2.24, 2.45) is 0 Å². The Labute approximate surface area is 202 Å². The average Bonchev–Trinajstić information content (AvgIpc) is 3.18. The number of benzene rings is 3. The Morgan fingerprint density at radius 1 is 0.886 bits per heavy atom. The maximum absolute atomic E-state index is 12.7. The van der Waals surface area contributed by atoms with Gasteiger partial charge in [0.25, 0.3) is 0 Å². The fourth-order valence-electron chi connectivity index (χ4n) is 4.28. The molecule has 0 bridgehead atoms. The average molecular weight is 475 g/mol. The molecule has 8 heteroatoms. The normalized spacial score (nSPS) is 12.8. The number of rotatable bonds is 9. The molecule has 35 heavy (non-hydrogen) atoms. The molecule has 3 aromatic carbocycles. The molecule has 4 rings (SSSR count). The van der Waals surface area contributed by atoms with Gasteiger partial charge in [0.2, 0.25) is 5.91 Å². The summed E-state index contributed by atoms with van der Waals surface area (Å²) >= 11 is 0. The van der Waals surface area contributed by atoms with Crippen LogP contribution in [0.3, 0.4) is 0 Å². The second kappa shape index (κ2) is 10.7. The van der Waals surface area contributed by atoms with Crippen LogP contribution < -0.4 is 10.6 Å². The van der Waals surface area contributed by atoms with Gasteiger partial charge in [0, 0.05) is 24.4 Å². The minimum atomic E-state index is -1.10. The Balaban J connectivity index is 1.39. The number of carboxylic acids is 1. The summed E-state index contributed by atoms with van der Waals surface area (Å²) in [7, 11) is 0. The van der Waals surface area contributed by atoms with Crippen LogP contribution in [0.2, 0.25) is 0 Å². The number of fused-ring (bicyclic) bond motifs is 3. The lowest BCUT2D eigenvalue weighted by Crippen LogP contribution is -2.47. The SMILES string of the molecule is O=C(O)CCC(NC(=O)OCC1c2ccccc2-c2ccccc21)C(=O)NCc1ccccc1O. The molecular formula is C27H26N2O6. The number of ether oxygens (including phenoxy) is 1. The maximum atomic E-state index is 12.7. The maximum Gasteiger partial charge on any atom is 0.407 e. The number of hydrogen-bond donors (Lipinski definition) is 4. The topological polar surface area (TPSA) is 125 Å². The lowest BCUT2D eigenvalue weighted by atomic mass is 9.98. The first-order chi connectivity index (χ1) is 16.9. The second-order valence-electron chi connectivity index (χ2n) is 8.30. The van der Waals surface area contributed by atoms with Crippen LogP contribution in [-0.4, -0.2) is 40.8 Å². The molecule has 0 heterocycles. The van der Waals surface area contributed by atoms with Crippen molar-refractivity contribution in [1.29, 1.82) is 0 Å². The number of nitrogens with one attached hydrogen (secondary N) is 2. The number of phenols is 1. The van der Waals surface area contributed by atoms with Gasteiger partial charge in [0.15, 0.2) is 0 Å². The number of carboxylic acid groups (broad SMARTS) is 1. The van der Waals surface area contributed by atoms with Crippen molar-refractivity contribution in [3.8, 4) is 16.9 Å². The summed E-state index contributed by atoms with van der Waals surface area (Å²) in [6.07, 6.45) is -1.22. The van der Waals surface area contributed by atoms with Crippen LogP contribution in [0.25, 0.3) is 11.1 Å². The Bertz CT molecular complexity index is 1200. The predicted molar refractivity (Wildman–Crippen MR) is 129 cm³/mol. The van der Waals surface area contributed by atoms with E-state index in [4.69, 9.17) is 9.84 Å². The van der Waals surface area contributed by atoms with Crippen LogP contribution in [0, 0.1) is 0 Å². The lowest BCUT2D eigenvalue weighted by Gasteiger charge is -2.19. The van der Waals surface area contributed by atoms with Crippen LogP contribution in [0.15, 0.2) is 72.8 Å². The van der Waals surface area contributed by atoms with Gasteiger partial charge < -0.3 is 25.6 Å². The van der Waals surface area contributed by atoms with E-state index in [1.54, 1.807) is 18.2 Å². The predicted octanol–water partition coefficient (Wildman–Crippen LogP) is 3.78. The van der Waals surface area contributed by atoms with Crippen molar-refractivity contribution in [2.45, 2.75) is 31.3 Å². The minimum absolute atomic E-state index is 0.0272. The Hall–Kier alpha value is -4.33. The molecule has 1 aliphatic carbocycles. The van der Waals surface area contributed by atoms with Crippen LogP contribution in [-0.2, 0) is 20.9 Å². The number of phenolic OH excluding ortho intramolecular Hbond substituents is 1. The number of para-hydroxylation sites is 1. The third-order valence-electron chi connectivity index (χ3n) is 6.04. The first-order valence-corrected chi connectivity index (χ1v) is 11.3. The summed E-state index contributed by atoms with van der Waals surface area (Å²) < 4.78 is 5.49. The Morgan fingerprint density at radius 3 is 2.11 bits per heavy atom. The van der Waals surface area contributed by atoms with Gasteiger partial charge >= 0.3 is 12.1 Å². The number of amides is 2. The lowest BCUT2D eigenvalue weighted by molar-refractivity contribution is -0.137. The highest BCUT2D eigenvalue weighted by molar-refractivity contribution is 5.86. The molecule has 180 valence electrons. The molecule has 8 nitrogen and oxygen atoms in total. The summed E-state index contributed by atoms with van der Waals surface area (Å²) in [5, 5.41) is 24.1. The van der Waals surface area contributed by atoms with E-state index in [1.165, 1.54) is 6.07 Å². The van der Waals surface area contributed by atoms with E-state index in [0.29, 0.717) is 5.56 Å². The van der Waals surface area contributed by atoms with E-state index in [9.17, 15) is 19.5 Å². The largest absolute Gasteiger partial charge is 0.508 e. The van der Waals surface area contributed by atoms with Crippen LogP contribution in [0.1, 0.15) is 35.4 Å². The first kappa shape index (κ1) is 23.8. The number of carbonyl (C=O) groups excluding carboxylic acids is 2. The summed E-state index contributed by atoms with van der Waals surface area (Å²) in [4.78, 5) is 36.4. The van der Waals surface area contributed by atoms with Gasteiger partial charge in [-0.25, -0.2) is 4.79 Å². The fourth-order valence-corrected chi connectivity index (χ4v) is 4.28. The molecule has 0 aromatic heterocycles. The van der Waals surface area contributed by atoms with Gasteiger partial charge in [-0.2, -0.15) is 0 Å². The number of alkyl carbamates (subject to hydrolysis) is 1. The van der Waals surface area contributed by atoms with Crippen molar-refractivity contribution in [2.75, 3.05) is 6.61 Å². The third-order valence-corrected chi connectivity index (χ3v) is 6.04. The highest BCUT2D eigenvalue weighted by Gasteiger charge is 2.30. The summed E-state index contributed by atoms with van der Waals surface area (Å²) in [5.41, 5.74) is 4.81. The molecule has 1 atom stereocenters. The van der Waals surface area contributed by atoms with Crippen LogP contribution >= 0.6 is 0 Å². The van der Waals surface area contributed by atoms with E-state index in [2.05, 4.69) is 10.6 Å². The van der Waals surface area contributed by atoms with Crippen molar-refractivity contribution < 1.29 is 29.3 Å². The molecular weight excluding hydrogens is 448 g/mol. The molecule has 2 amide bonds. The zero-order valence-corrected chi connectivity index (χ0v) is 18.9. The first-order valence-electron chi connectivity index (χ1n) is 11.3. The fraction of sp³-hybridized carbons (Fsp3) is 0.222. The molecule has 0 saturated carbocycles. The van der Waals surface area contributed by atoms with Crippen LogP contribution in [0.5, 0.6) is 5.75 Å². The van der Waals surface area contributed by atoms with Gasteiger partial charge in [0.1, 0.15) is 18.4 Å². The minimum Gasteiger partial charge on any atom is -0.508 e. The second-order valence-corrected chi connectivity index (χ2v) is 8.30. The van der Waals surface area contributed by atoms with Gasteiger partial charge in [-0.3, -0.25) is 9.59 Å². The molecule has 3 aromatic rings. The highest BCUT2D eigenvalue weighted by Crippen LogP contribution is 2.44. The molecule has 1 unspecified atom stereocenters. The van der Waals surface area contributed by atoms with Gasteiger partial charge in [0.05, 0.1) is 0 Å². The molecule has 0 fully saturated rings. The quantitative estimate of drug-likeness (QED) is 0.374. The number of carbonyl (C=O) groups is 3. The van der Waals surface area contributed by atoms with Gasteiger partial charge in [-0.15, -0.1) is 0 Å². The van der Waals surface area contributed by atoms with Gasteiger partial charge in [-0.1, -0.05) is 66.7 Å². The summed E-state index contributed by atoms with van der Waals surface area (Å²) in [5.74, 6) is -1.76. The standard InChI is InChI=1S/C27H26N2O6/c30-24-12-6-1-7-17(24)15-28-26(33)23(13-14-25(31)32)29-27(34)35-16-22-20-10-4-2-8-18(20)19-9-3-5-11-21(19)22/h1-12,22-23,30H,13-16H2,(H,28,33)(H,29,34)(H,31,32). The van der Waals surface area contributed by atoms with Gasteiger partial charge in [-0.05, 0) is 34.7 Å². The van der Waals surface area contributed by atoms with Crippen molar-refractivity contribution in [3.05, 3.63) is 89.5 Å². The number of aliphatic carboxylic acids is 1. The molecule has 0 spiro atoms. The van der Waals surface area contributed by atoms with Crippen LogP contribution in [0.4, 0.5) is 4.79 Å². The Morgan fingerprint density at radius 2 is 1.49 bits per heavy atom. The summed E-state index contributed by atoms with van der Waals surface area (Å²) in [6, 6.07) is 21.3. The molecule has 1 aliphatic rings. The van der Waals surface area contributed by atoms with Crippen molar-refractivity contribution in [1.82, 2.24) is 10.6 Å². The molecule has 0 saturated heterocycles. The Kier molecular flexibility index (Phi) is 7.30. The van der Waals surface area contributed by atoms with E-state index in [0.717, 1.165) is 22.3 Å². The monoisotopic (exact) mass is 474 g/mol. The molecule has 4 N–H and O–H groups in total. The van der Waals surface area contributed by atoms with E-state index < -0.39 is 24.0 Å². The van der Waals surface area contributed by atoms with Crippen molar-refractivity contribution in [3.63, 3.8) is 0 Å². The molecule has 0 radical (unpaired) electrons. The van der Waals surface area contributed by atoms with E-state index in [-0.39, 0.29) is 37.7 Å².